The Morgan fingerprint density at radius 1 is 1.12 bits per heavy atom. The molecular formula is C17H13FN4OS. The minimum absolute atomic E-state index is 0.318. The summed E-state index contributed by atoms with van der Waals surface area (Å²) < 4.78 is 20.8. The van der Waals surface area contributed by atoms with Crippen molar-refractivity contribution in [1.82, 2.24) is 19.8 Å². The lowest BCUT2D eigenvalue weighted by Gasteiger charge is -2.06. The molecule has 2 aromatic heterocycles. The molecule has 4 rings (SSSR count). The van der Waals surface area contributed by atoms with Crippen molar-refractivity contribution in [2.45, 2.75) is 6.92 Å². The Labute approximate surface area is 141 Å². The van der Waals surface area contributed by atoms with Crippen molar-refractivity contribution in [2.75, 3.05) is 6.61 Å². The first-order valence-electron chi connectivity index (χ1n) is 7.46. The van der Waals surface area contributed by atoms with Gasteiger partial charge in [0.1, 0.15) is 11.6 Å². The summed E-state index contributed by atoms with van der Waals surface area (Å²) in [5.74, 6) is 0.972. The highest BCUT2D eigenvalue weighted by molar-refractivity contribution is 7.19. The van der Waals surface area contributed by atoms with Gasteiger partial charge in [-0.3, -0.25) is 0 Å². The number of rotatable bonds is 4. The van der Waals surface area contributed by atoms with Crippen molar-refractivity contribution in [2.24, 2.45) is 0 Å². The number of aromatic nitrogens is 4. The molecule has 0 fully saturated rings. The van der Waals surface area contributed by atoms with Gasteiger partial charge >= 0.3 is 0 Å². The SMILES string of the molecule is CCOc1ccccc1-c1nn2c(-c3cccc(F)c3)nnc2s1. The van der Waals surface area contributed by atoms with Crippen molar-refractivity contribution >= 4 is 16.3 Å². The molecule has 0 amide bonds. The fourth-order valence-electron chi connectivity index (χ4n) is 2.46. The normalized spacial score (nSPS) is 11.1. The summed E-state index contributed by atoms with van der Waals surface area (Å²) in [6.45, 7) is 2.52. The van der Waals surface area contributed by atoms with E-state index >= 15 is 0 Å². The summed E-state index contributed by atoms with van der Waals surface area (Å²) in [6, 6.07) is 14.0. The zero-order chi connectivity index (χ0) is 16.5. The van der Waals surface area contributed by atoms with Gasteiger partial charge in [0.05, 0.1) is 12.2 Å². The molecule has 4 aromatic rings. The molecule has 5 nitrogen and oxygen atoms in total. The van der Waals surface area contributed by atoms with E-state index < -0.39 is 0 Å². The number of ether oxygens (including phenoxy) is 1. The van der Waals surface area contributed by atoms with Gasteiger partial charge in [0.15, 0.2) is 10.8 Å². The Balaban J connectivity index is 1.83. The first-order valence-corrected chi connectivity index (χ1v) is 8.28. The van der Waals surface area contributed by atoms with Crippen molar-refractivity contribution in [1.29, 1.82) is 0 Å². The molecule has 0 aliphatic rings. The molecule has 120 valence electrons. The molecule has 2 aromatic carbocycles. The van der Waals surface area contributed by atoms with E-state index in [1.807, 2.05) is 31.2 Å². The minimum Gasteiger partial charge on any atom is -0.493 e. The molecule has 0 saturated carbocycles. The number of para-hydroxylation sites is 1. The molecule has 2 heterocycles. The molecule has 0 aliphatic heterocycles. The van der Waals surface area contributed by atoms with Crippen LogP contribution < -0.4 is 4.74 Å². The topological polar surface area (TPSA) is 52.3 Å². The van der Waals surface area contributed by atoms with Crippen molar-refractivity contribution in [3.05, 3.63) is 54.3 Å². The molecule has 0 spiro atoms. The van der Waals surface area contributed by atoms with Crippen LogP contribution in [-0.4, -0.2) is 26.4 Å². The molecule has 24 heavy (non-hydrogen) atoms. The number of fused-ring (bicyclic) bond motifs is 1. The van der Waals surface area contributed by atoms with Crippen molar-refractivity contribution < 1.29 is 9.13 Å². The van der Waals surface area contributed by atoms with Crippen LogP contribution in [0.2, 0.25) is 0 Å². The first kappa shape index (κ1) is 14.8. The third-order valence-corrected chi connectivity index (χ3v) is 4.42. The van der Waals surface area contributed by atoms with Crippen LogP contribution in [0, 0.1) is 5.82 Å². The minimum atomic E-state index is -0.318. The Kier molecular flexibility index (Phi) is 3.70. The Morgan fingerprint density at radius 3 is 2.83 bits per heavy atom. The van der Waals surface area contributed by atoms with Crippen LogP contribution in [0.15, 0.2) is 48.5 Å². The number of hydrogen-bond donors (Lipinski definition) is 0. The van der Waals surface area contributed by atoms with Crippen LogP contribution in [0.5, 0.6) is 5.75 Å². The second-order valence-corrected chi connectivity index (χ2v) is 6.02. The fraction of sp³-hybridized carbons (Fsp3) is 0.118. The van der Waals surface area contributed by atoms with Crippen LogP contribution in [0.1, 0.15) is 6.92 Å². The molecule has 0 unspecified atom stereocenters. The van der Waals surface area contributed by atoms with E-state index in [-0.39, 0.29) is 5.82 Å². The standard InChI is InChI=1S/C17H13FN4OS/c1-2-23-14-9-4-3-8-13(14)16-21-22-15(19-20-17(22)24-16)11-6-5-7-12(18)10-11/h3-10H,2H2,1H3. The van der Waals surface area contributed by atoms with Gasteiger partial charge in [0.25, 0.3) is 0 Å². The van der Waals surface area contributed by atoms with Gasteiger partial charge in [-0.2, -0.15) is 9.61 Å². The summed E-state index contributed by atoms with van der Waals surface area (Å²) in [7, 11) is 0. The second-order valence-electron chi connectivity index (χ2n) is 5.06. The van der Waals surface area contributed by atoms with Gasteiger partial charge in [-0.15, -0.1) is 10.2 Å². The van der Waals surface area contributed by atoms with Crippen LogP contribution in [-0.2, 0) is 0 Å². The Morgan fingerprint density at radius 2 is 2.00 bits per heavy atom. The maximum atomic E-state index is 13.5. The van der Waals surface area contributed by atoms with E-state index in [1.165, 1.54) is 23.5 Å². The molecule has 0 N–H and O–H groups in total. The van der Waals surface area contributed by atoms with E-state index in [0.717, 1.165) is 16.3 Å². The van der Waals surface area contributed by atoms with Crippen LogP contribution in [0.4, 0.5) is 4.39 Å². The van der Waals surface area contributed by atoms with Crippen LogP contribution in [0.25, 0.3) is 26.9 Å². The highest BCUT2D eigenvalue weighted by Crippen LogP contribution is 2.34. The van der Waals surface area contributed by atoms with E-state index in [1.54, 1.807) is 16.6 Å². The molecular weight excluding hydrogens is 327 g/mol. The molecule has 0 aliphatic carbocycles. The third-order valence-electron chi connectivity index (χ3n) is 3.49. The van der Waals surface area contributed by atoms with Gasteiger partial charge in [0.2, 0.25) is 4.96 Å². The summed E-state index contributed by atoms with van der Waals surface area (Å²) in [5, 5.41) is 13.7. The highest BCUT2D eigenvalue weighted by atomic mass is 32.1. The van der Waals surface area contributed by atoms with Gasteiger partial charge < -0.3 is 4.74 Å². The summed E-state index contributed by atoms with van der Waals surface area (Å²) in [4.78, 5) is 0.649. The predicted molar refractivity (Wildman–Crippen MR) is 90.7 cm³/mol. The van der Waals surface area contributed by atoms with Crippen LogP contribution >= 0.6 is 11.3 Å². The smallest absolute Gasteiger partial charge is 0.235 e. The average Bonchev–Trinajstić information content (AvgIpc) is 3.16. The number of hydrogen-bond acceptors (Lipinski definition) is 5. The molecule has 0 saturated heterocycles. The van der Waals surface area contributed by atoms with E-state index in [0.29, 0.717) is 23.0 Å². The zero-order valence-corrected chi connectivity index (χ0v) is 13.6. The van der Waals surface area contributed by atoms with E-state index in [2.05, 4.69) is 15.3 Å². The molecule has 0 atom stereocenters. The maximum absolute atomic E-state index is 13.5. The van der Waals surface area contributed by atoms with Gasteiger partial charge in [-0.1, -0.05) is 35.6 Å². The van der Waals surface area contributed by atoms with Gasteiger partial charge in [-0.25, -0.2) is 4.39 Å². The van der Waals surface area contributed by atoms with E-state index in [9.17, 15) is 4.39 Å². The summed E-state index contributed by atoms with van der Waals surface area (Å²) >= 11 is 1.41. The number of halogens is 1. The lowest BCUT2D eigenvalue weighted by molar-refractivity contribution is 0.341. The fourth-order valence-corrected chi connectivity index (χ4v) is 3.33. The molecule has 0 bridgehead atoms. The molecule has 0 radical (unpaired) electrons. The average molecular weight is 340 g/mol. The number of benzene rings is 2. The monoisotopic (exact) mass is 340 g/mol. The lowest BCUT2D eigenvalue weighted by Crippen LogP contribution is -1.95. The van der Waals surface area contributed by atoms with Gasteiger partial charge in [0, 0.05) is 5.56 Å². The third kappa shape index (κ3) is 2.52. The lowest BCUT2D eigenvalue weighted by atomic mass is 10.2. The van der Waals surface area contributed by atoms with Crippen molar-refractivity contribution in [3.8, 4) is 27.7 Å². The maximum Gasteiger partial charge on any atom is 0.235 e. The second kappa shape index (κ2) is 6.01. The van der Waals surface area contributed by atoms with Crippen molar-refractivity contribution in [3.63, 3.8) is 0 Å². The Hall–Kier alpha value is -2.80. The first-order chi connectivity index (χ1) is 11.8. The van der Waals surface area contributed by atoms with E-state index in [4.69, 9.17) is 4.74 Å². The Bertz CT molecular complexity index is 1010. The summed E-state index contributed by atoms with van der Waals surface area (Å²) in [6.07, 6.45) is 0. The predicted octanol–water partition coefficient (Wildman–Crippen LogP) is 4.06. The quantitative estimate of drug-likeness (QED) is 0.562. The number of nitrogens with zero attached hydrogens (tertiary/aromatic N) is 4. The molecule has 7 heteroatoms. The highest BCUT2D eigenvalue weighted by Gasteiger charge is 2.16. The summed E-state index contributed by atoms with van der Waals surface area (Å²) in [5.41, 5.74) is 1.54. The largest absolute Gasteiger partial charge is 0.493 e. The van der Waals surface area contributed by atoms with Gasteiger partial charge in [-0.05, 0) is 31.2 Å². The zero-order valence-electron chi connectivity index (χ0n) is 12.8. The van der Waals surface area contributed by atoms with Crippen LogP contribution in [0.3, 0.4) is 0 Å².